The maximum atomic E-state index is 13.5. The smallest absolute Gasteiger partial charge is 0.175 e. The number of nitrogens with zero attached hydrogens (tertiary/aromatic N) is 3. The molecule has 1 aliphatic rings. The number of fused-ring (bicyclic) bond motifs is 3. The predicted molar refractivity (Wildman–Crippen MR) is 86.3 cm³/mol. The Morgan fingerprint density at radius 2 is 2.29 bits per heavy atom. The van der Waals surface area contributed by atoms with Gasteiger partial charge in [-0.2, -0.15) is 0 Å². The minimum atomic E-state index is -0.455. The van der Waals surface area contributed by atoms with E-state index in [1.807, 2.05) is 4.90 Å². The van der Waals surface area contributed by atoms with Gasteiger partial charge in [0.25, 0.3) is 0 Å². The number of morpholine rings is 1. The fourth-order valence-corrected chi connectivity index (χ4v) is 3.13. The summed E-state index contributed by atoms with van der Waals surface area (Å²) in [5, 5.41) is 11.1. The summed E-state index contributed by atoms with van der Waals surface area (Å²) in [6, 6.07) is 4.57. The normalized spacial score (nSPS) is 21.7. The number of H-pyrrole nitrogens is 1. The Bertz CT molecular complexity index is 872. The van der Waals surface area contributed by atoms with Crippen LogP contribution in [0.3, 0.4) is 0 Å². The molecule has 2 atom stereocenters. The molecular weight excluding hydrogens is 315 g/mol. The fraction of sp³-hybridized carbons (Fsp3) is 0.375. The van der Waals surface area contributed by atoms with Crippen molar-refractivity contribution in [2.75, 3.05) is 31.7 Å². The predicted octanol–water partition coefficient (Wildman–Crippen LogP) is 1.42. The van der Waals surface area contributed by atoms with E-state index in [0.717, 1.165) is 10.8 Å². The van der Waals surface area contributed by atoms with Crippen molar-refractivity contribution in [1.29, 1.82) is 0 Å². The lowest BCUT2D eigenvalue weighted by Gasteiger charge is -2.37. The third-order valence-electron chi connectivity index (χ3n) is 4.24. The Morgan fingerprint density at radius 3 is 3.08 bits per heavy atom. The summed E-state index contributed by atoms with van der Waals surface area (Å²) in [6.45, 7) is 0.854. The largest absolute Gasteiger partial charge is 0.394 e. The molecule has 3 heterocycles. The third kappa shape index (κ3) is 2.48. The average molecular weight is 332 g/mol. The Labute approximate surface area is 137 Å². The van der Waals surface area contributed by atoms with Crippen LogP contribution in [0, 0.1) is 5.82 Å². The fourth-order valence-electron chi connectivity index (χ4n) is 3.13. The van der Waals surface area contributed by atoms with Crippen molar-refractivity contribution in [3.8, 4) is 0 Å². The number of rotatable bonds is 3. The summed E-state index contributed by atoms with van der Waals surface area (Å²) in [5.74, 6) is 0.399. The van der Waals surface area contributed by atoms with Gasteiger partial charge in [0.1, 0.15) is 29.7 Å². The van der Waals surface area contributed by atoms with Gasteiger partial charge in [-0.25, -0.2) is 14.4 Å². The quantitative estimate of drug-likeness (QED) is 0.755. The van der Waals surface area contributed by atoms with E-state index in [-0.39, 0.29) is 18.5 Å². The number of benzene rings is 1. The summed E-state index contributed by atoms with van der Waals surface area (Å²) in [7, 11) is 1.56. The Morgan fingerprint density at radius 1 is 1.42 bits per heavy atom. The van der Waals surface area contributed by atoms with Crippen LogP contribution in [0.4, 0.5) is 10.2 Å². The lowest BCUT2D eigenvalue weighted by atomic mass is 10.2. The SMILES string of the molecule is CO[C@@H]1CN(c2ncnc3[nH]c4cc(F)ccc4c23)C[C@@H](CO)O1. The molecule has 1 saturated heterocycles. The minimum absolute atomic E-state index is 0.107. The Hall–Kier alpha value is -2.29. The summed E-state index contributed by atoms with van der Waals surface area (Å²) in [6.07, 6.45) is 0.647. The van der Waals surface area contributed by atoms with Crippen LogP contribution in [0.1, 0.15) is 0 Å². The lowest BCUT2D eigenvalue weighted by Crippen LogP contribution is -2.50. The maximum absolute atomic E-state index is 13.5. The first-order valence-electron chi connectivity index (χ1n) is 7.65. The molecule has 24 heavy (non-hydrogen) atoms. The number of anilines is 1. The molecule has 3 aromatic rings. The molecule has 0 amide bonds. The van der Waals surface area contributed by atoms with Crippen LogP contribution in [0.2, 0.25) is 0 Å². The number of hydrogen-bond donors (Lipinski definition) is 2. The van der Waals surface area contributed by atoms with Gasteiger partial charge in [-0.1, -0.05) is 0 Å². The van der Waals surface area contributed by atoms with E-state index in [4.69, 9.17) is 9.47 Å². The zero-order valence-electron chi connectivity index (χ0n) is 13.1. The minimum Gasteiger partial charge on any atom is -0.394 e. The summed E-state index contributed by atoms with van der Waals surface area (Å²) in [4.78, 5) is 13.8. The van der Waals surface area contributed by atoms with Crippen molar-refractivity contribution in [1.82, 2.24) is 15.0 Å². The van der Waals surface area contributed by atoms with Gasteiger partial charge in [-0.3, -0.25) is 0 Å². The monoisotopic (exact) mass is 332 g/mol. The van der Waals surface area contributed by atoms with Gasteiger partial charge in [0, 0.05) is 19.0 Å². The van der Waals surface area contributed by atoms with Gasteiger partial charge in [-0.15, -0.1) is 0 Å². The van der Waals surface area contributed by atoms with E-state index < -0.39 is 6.29 Å². The van der Waals surface area contributed by atoms with Crippen LogP contribution in [0.5, 0.6) is 0 Å². The summed E-state index contributed by atoms with van der Waals surface area (Å²) < 4.78 is 24.4. The third-order valence-corrected chi connectivity index (χ3v) is 4.24. The van der Waals surface area contributed by atoms with Crippen molar-refractivity contribution < 1.29 is 19.0 Å². The highest BCUT2D eigenvalue weighted by Gasteiger charge is 2.29. The van der Waals surface area contributed by atoms with Crippen molar-refractivity contribution in [3.63, 3.8) is 0 Å². The second kappa shape index (κ2) is 5.97. The van der Waals surface area contributed by atoms with E-state index in [0.29, 0.717) is 30.1 Å². The number of aromatic nitrogens is 3. The van der Waals surface area contributed by atoms with Gasteiger partial charge in [0.2, 0.25) is 0 Å². The lowest BCUT2D eigenvalue weighted by molar-refractivity contribution is -0.170. The molecule has 0 aliphatic carbocycles. The van der Waals surface area contributed by atoms with Crippen LogP contribution >= 0.6 is 0 Å². The average Bonchev–Trinajstić information content (AvgIpc) is 2.98. The molecule has 0 radical (unpaired) electrons. The van der Waals surface area contributed by atoms with Crippen LogP contribution in [0.15, 0.2) is 24.5 Å². The van der Waals surface area contributed by atoms with Gasteiger partial charge in [-0.05, 0) is 18.2 Å². The number of nitrogens with one attached hydrogen (secondary N) is 1. The van der Waals surface area contributed by atoms with Gasteiger partial charge in [0.15, 0.2) is 6.29 Å². The molecule has 7 nitrogen and oxygen atoms in total. The van der Waals surface area contributed by atoms with Gasteiger partial charge >= 0.3 is 0 Å². The second-order valence-corrected chi connectivity index (χ2v) is 5.75. The number of halogens is 1. The number of aromatic amines is 1. The molecule has 126 valence electrons. The molecule has 8 heteroatoms. The van der Waals surface area contributed by atoms with Gasteiger partial charge in [0.05, 0.1) is 24.1 Å². The molecule has 0 unspecified atom stereocenters. The molecule has 2 aromatic heterocycles. The highest BCUT2D eigenvalue weighted by Crippen LogP contribution is 2.32. The van der Waals surface area contributed by atoms with Crippen LogP contribution in [-0.4, -0.2) is 59.3 Å². The number of aliphatic hydroxyl groups excluding tert-OH is 1. The Balaban J connectivity index is 1.85. The van der Waals surface area contributed by atoms with E-state index in [9.17, 15) is 9.50 Å². The first-order valence-corrected chi connectivity index (χ1v) is 7.65. The summed E-state index contributed by atoms with van der Waals surface area (Å²) in [5.41, 5.74) is 1.31. The number of methoxy groups -OCH3 is 1. The molecule has 0 saturated carbocycles. The van der Waals surface area contributed by atoms with Crippen molar-refractivity contribution >= 4 is 27.8 Å². The zero-order chi connectivity index (χ0) is 16.7. The van der Waals surface area contributed by atoms with Crippen molar-refractivity contribution in [2.45, 2.75) is 12.4 Å². The summed E-state index contributed by atoms with van der Waals surface area (Å²) >= 11 is 0. The number of hydrogen-bond acceptors (Lipinski definition) is 6. The van der Waals surface area contributed by atoms with E-state index in [1.165, 1.54) is 18.5 Å². The van der Waals surface area contributed by atoms with Crippen LogP contribution in [0.25, 0.3) is 21.9 Å². The maximum Gasteiger partial charge on any atom is 0.175 e. The molecule has 1 aromatic carbocycles. The zero-order valence-corrected chi connectivity index (χ0v) is 13.1. The topological polar surface area (TPSA) is 83.5 Å². The standard InChI is InChI=1S/C16H17FN4O3/c1-23-13-6-21(5-10(7-22)24-13)16-14-11-3-2-9(17)4-12(11)20-15(14)18-8-19-16/h2-4,8,10,13,22H,5-7H2,1H3,(H,18,19,20)/t10-,13-/m0/s1. The Kier molecular flexibility index (Phi) is 3.79. The molecule has 1 fully saturated rings. The van der Waals surface area contributed by atoms with Crippen molar-refractivity contribution in [2.24, 2.45) is 0 Å². The molecule has 0 spiro atoms. The van der Waals surface area contributed by atoms with Crippen LogP contribution < -0.4 is 4.90 Å². The molecular formula is C16H17FN4O3. The van der Waals surface area contributed by atoms with Gasteiger partial charge < -0.3 is 24.5 Å². The van der Waals surface area contributed by atoms with Crippen molar-refractivity contribution in [3.05, 3.63) is 30.3 Å². The molecule has 0 bridgehead atoms. The first-order chi connectivity index (χ1) is 11.7. The molecule has 1 aliphatic heterocycles. The molecule has 4 rings (SSSR count). The second-order valence-electron chi connectivity index (χ2n) is 5.75. The van der Waals surface area contributed by atoms with E-state index in [2.05, 4.69) is 15.0 Å². The van der Waals surface area contributed by atoms with E-state index in [1.54, 1.807) is 13.2 Å². The molecule has 2 N–H and O–H groups in total. The highest BCUT2D eigenvalue weighted by molar-refractivity contribution is 6.11. The number of aliphatic hydroxyl groups is 1. The van der Waals surface area contributed by atoms with E-state index >= 15 is 0 Å². The highest BCUT2D eigenvalue weighted by atomic mass is 19.1. The first kappa shape index (κ1) is 15.3. The van der Waals surface area contributed by atoms with Crippen LogP contribution in [-0.2, 0) is 9.47 Å². The number of ether oxygens (including phenoxy) is 2.